The van der Waals surface area contributed by atoms with Crippen LogP contribution in [0.15, 0.2) is 42.6 Å². The quantitative estimate of drug-likeness (QED) is 0.216. The highest BCUT2D eigenvalue weighted by Crippen LogP contribution is 2.40. The van der Waals surface area contributed by atoms with Crippen LogP contribution in [0.1, 0.15) is 55.3 Å². The Morgan fingerprint density at radius 3 is 2.45 bits per heavy atom. The van der Waals surface area contributed by atoms with E-state index < -0.39 is 5.92 Å². The molecule has 11 nitrogen and oxygen atoms in total. The van der Waals surface area contributed by atoms with Crippen LogP contribution in [0, 0.1) is 22.7 Å². The van der Waals surface area contributed by atoms with E-state index in [-0.39, 0.29) is 42.6 Å². The predicted molar refractivity (Wildman–Crippen MR) is 173 cm³/mol. The Bertz CT molecular complexity index is 1870. The zero-order chi connectivity index (χ0) is 32.7. The number of benzene rings is 2. The number of piperidine rings is 1. The van der Waals surface area contributed by atoms with Crippen molar-refractivity contribution in [3.05, 3.63) is 64.4 Å². The number of nitrogens with one attached hydrogen (secondary N) is 2. The van der Waals surface area contributed by atoms with Gasteiger partial charge in [0.2, 0.25) is 5.95 Å². The minimum Gasteiger partial charge on any atom is -0.497 e. The summed E-state index contributed by atoms with van der Waals surface area (Å²) in [6.45, 7) is 1.88. The Morgan fingerprint density at radius 2 is 1.81 bits per heavy atom. The van der Waals surface area contributed by atoms with Crippen LogP contribution in [0.25, 0.3) is 5.65 Å². The number of methoxy groups -OCH3 is 1. The number of hydrogen-bond acceptors (Lipinski definition) is 10. The number of hydrogen-bond donors (Lipinski definition) is 2. The van der Waals surface area contributed by atoms with Crippen molar-refractivity contribution in [3.63, 3.8) is 0 Å². The van der Waals surface area contributed by atoms with Gasteiger partial charge in [-0.3, -0.25) is 0 Å². The lowest BCUT2D eigenvalue weighted by Crippen LogP contribution is -2.54. The number of imidazole rings is 1. The summed E-state index contributed by atoms with van der Waals surface area (Å²) in [5.74, 6) is -1.00. The molecule has 0 unspecified atom stereocenters. The van der Waals surface area contributed by atoms with Crippen LogP contribution in [0.2, 0.25) is 5.02 Å². The highest BCUT2D eigenvalue weighted by molar-refractivity contribution is 6.36. The van der Waals surface area contributed by atoms with Crippen molar-refractivity contribution in [2.24, 2.45) is 0 Å². The fourth-order valence-electron chi connectivity index (χ4n) is 6.39. The maximum Gasteiger partial charge on any atom is 0.251 e. The Kier molecular flexibility index (Phi) is 8.20. The molecular weight excluding hydrogens is 626 g/mol. The van der Waals surface area contributed by atoms with Crippen molar-refractivity contribution in [3.8, 4) is 17.9 Å². The average Bonchev–Trinajstić information content (AvgIpc) is 3.82. The molecule has 2 saturated carbocycles. The van der Waals surface area contributed by atoms with Crippen LogP contribution in [0.4, 0.5) is 31.9 Å². The summed E-state index contributed by atoms with van der Waals surface area (Å²) < 4.78 is 33.4. The van der Waals surface area contributed by atoms with Gasteiger partial charge in [-0.1, -0.05) is 23.7 Å². The Hall–Kier alpha value is -4.72. The lowest BCUT2D eigenvalue weighted by Gasteiger charge is -2.41. The van der Waals surface area contributed by atoms with Gasteiger partial charge in [0.25, 0.3) is 5.92 Å². The van der Waals surface area contributed by atoms with Gasteiger partial charge in [0.1, 0.15) is 11.8 Å². The highest BCUT2D eigenvalue weighted by atomic mass is 35.5. The van der Waals surface area contributed by atoms with Crippen LogP contribution in [0.3, 0.4) is 0 Å². The Morgan fingerprint density at radius 1 is 1.06 bits per heavy atom. The van der Waals surface area contributed by atoms with Gasteiger partial charge in [-0.05, 0) is 55.5 Å². The van der Waals surface area contributed by atoms with E-state index in [9.17, 15) is 19.3 Å². The standard InChI is InChI=1S/C33H33ClF2N10O/c1-47-26-6-2-20(3-7-26)19-45(24-4-5-24)31-30-39-18-25(17-38)46(30)43-32(42-31)41-27-12-21(16-37)13-28(29(27)34)44-10-8-22(9-11-44)40-23-14-33(35,36)15-23/h2-3,6-7,12-13,18,22-24,40H,4-5,8-11,14-15,19H2,1H3,(H,41,43). The summed E-state index contributed by atoms with van der Waals surface area (Å²) in [5.41, 5.74) is 3.34. The molecule has 3 fully saturated rings. The predicted octanol–water partition coefficient (Wildman–Crippen LogP) is 5.80. The van der Waals surface area contributed by atoms with Crippen molar-refractivity contribution >= 4 is 40.4 Å². The van der Waals surface area contributed by atoms with Crippen LogP contribution in [-0.2, 0) is 6.54 Å². The van der Waals surface area contributed by atoms with Gasteiger partial charge >= 0.3 is 0 Å². The molecule has 7 rings (SSSR count). The van der Waals surface area contributed by atoms with Crippen molar-refractivity contribution in [2.75, 3.05) is 35.3 Å². The molecular formula is C33H33ClF2N10O. The van der Waals surface area contributed by atoms with Gasteiger partial charge in [-0.25, -0.2) is 13.8 Å². The van der Waals surface area contributed by atoms with Crippen molar-refractivity contribution < 1.29 is 13.5 Å². The Balaban J connectivity index is 1.17. The van der Waals surface area contributed by atoms with Gasteiger partial charge < -0.3 is 25.2 Å². The normalized spacial score (nSPS) is 18.0. The number of ether oxygens (including phenoxy) is 1. The third-order valence-corrected chi connectivity index (χ3v) is 9.45. The average molecular weight is 659 g/mol. The number of nitriles is 2. The monoisotopic (exact) mass is 658 g/mol. The third-order valence-electron chi connectivity index (χ3n) is 9.06. The van der Waals surface area contributed by atoms with E-state index in [0.717, 1.165) is 37.0 Å². The lowest BCUT2D eigenvalue weighted by molar-refractivity contribution is -0.0951. The molecule has 1 saturated heterocycles. The van der Waals surface area contributed by atoms with Gasteiger partial charge in [-0.15, -0.1) is 5.10 Å². The molecule has 3 aliphatic rings. The highest BCUT2D eigenvalue weighted by Gasteiger charge is 2.46. The molecule has 0 atom stereocenters. The summed E-state index contributed by atoms with van der Waals surface area (Å²) in [6, 6.07) is 15.9. The van der Waals surface area contributed by atoms with E-state index in [0.29, 0.717) is 53.1 Å². The van der Waals surface area contributed by atoms with E-state index in [1.54, 1.807) is 19.2 Å². The summed E-state index contributed by atoms with van der Waals surface area (Å²) in [6.07, 6.45) is 4.80. The second-order valence-corrected chi connectivity index (χ2v) is 12.8. The van der Waals surface area contributed by atoms with E-state index in [4.69, 9.17) is 21.3 Å². The number of halogens is 3. The van der Waals surface area contributed by atoms with E-state index in [1.165, 1.54) is 10.7 Å². The second kappa shape index (κ2) is 12.5. The minimum atomic E-state index is -2.55. The summed E-state index contributed by atoms with van der Waals surface area (Å²) in [5, 5.41) is 31.3. The summed E-state index contributed by atoms with van der Waals surface area (Å²) in [7, 11) is 1.63. The van der Waals surface area contributed by atoms with E-state index in [2.05, 4.69) is 42.7 Å². The van der Waals surface area contributed by atoms with Crippen LogP contribution in [-0.4, -0.2) is 63.8 Å². The molecule has 0 bridgehead atoms. The number of aromatic nitrogens is 4. The van der Waals surface area contributed by atoms with Gasteiger partial charge in [0.05, 0.1) is 41.3 Å². The molecule has 0 amide bonds. The van der Waals surface area contributed by atoms with Gasteiger partial charge in [0.15, 0.2) is 17.2 Å². The van der Waals surface area contributed by atoms with Crippen LogP contribution >= 0.6 is 11.6 Å². The fourth-order valence-corrected chi connectivity index (χ4v) is 6.67. The molecule has 2 aliphatic carbocycles. The summed E-state index contributed by atoms with van der Waals surface area (Å²) >= 11 is 6.99. The molecule has 47 heavy (non-hydrogen) atoms. The molecule has 242 valence electrons. The SMILES string of the molecule is COc1ccc(CN(c2nc(Nc3cc(C#N)cc(N4CCC(NC5CC(F)(F)C5)CC4)c3Cl)nn3c(C#N)cnc23)C2CC2)cc1. The van der Waals surface area contributed by atoms with Crippen molar-refractivity contribution in [1.82, 2.24) is 24.9 Å². The molecule has 2 N–H and O–H groups in total. The number of anilines is 4. The molecule has 0 spiro atoms. The van der Waals surface area contributed by atoms with E-state index in [1.807, 2.05) is 24.3 Å². The molecule has 2 aromatic heterocycles. The first-order valence-electron chi connectivity index (χ1n) is 15.7. The lowest BCUT2D eigenvalue weighted by atomic mass is 9.87. The van der Waals surface area contributed by atoms with Gasteiger partial charge in [0, 0.05) is 50.6 Å². The first-order valence-corrected chi connectivity index (χ1v) is 16.1. The number of rotatable bonds is 10. The van der Waals surface area contributed by atoms with Crippen molar-refractivity contribution in [2.45, 2.75) is 69.1 Å². The molecule has 0 radical (unpaired) electrons. The number of alkyl halides is 2. The largest absolute Gasteiger partial charge is 0.497 e. The minimum absolute atomic E-state index is 0.108. The molecule has 1 aliphatic heterocycles. The van der Waals surface area contributed by atoms with Crippen LogP contribution in [0.5, 0.6) is 5.75 Å². The second-order valence-electron chi connectivity index (χ2n) is 12.4. The number of fused-ring (bicyclic) bond motifs is 1. The topological polar surface area (TPSA) is 130 Å². The Labute approximate surface area is 275 Å². The molecule has 3 heterocycles. The fraction of sp³-hybridized carbons (Fsp3) is 0.424. The third kappa shape index (κ3) is 6.46. The first-order chi connectivity index (χ1) is 22.7. The zero-order valence-electron chi connectivity index (χ0n) is 25.8. The van der Waals surface area contributed by atoms with Gasteiger partial charge in [-0.2, -0.15) is 20.0 Å². The smallest absolute Gasteiger partial charge is 0.251 e. The van der Waals surface area contributed by atoms with Crippen LogP contribution < -0.4 is 25.2 Å². The zero-order valence-corrected chi connectivity index (χ0v) is 26.5. The molecule has 14 heteroatoms. The number of nitrogens with zero attached hydrogens (tertiary/aromatic N) is 8. The maximum atomic E-state index is 13.3. The molecule has 2 aromatic carbocycles. The first kappa shape index (κ1) is 30.9. The molecule has 4 aromatic rings. The summed E-state index contributed by atoms with van der Waals surface area (Å²) in [4.78, 5) is 13.7. The van der Waals surface area contributed by atoms with Crippen molar-refractivity contribution in [1.29, 1.82) is 10.5 Å². The van der Waals surface area contributed by atoms with E-state index >= 15 is 0 Å². The maximum absolute atomic E-state index is 13.3.